The average Bonchev–Trinajstić information content (AvgIpc) is 2.59. The molecular formula is C17H11N5O2S. The van der Waals surface area contributed by atoms with Crippen molar-refractivity contribution in [2.45, 2.75) is 11.9 Å². The highest BCUT2D eigenvalue weighted by atomic mass is 32.2. The zero-order chi connectivity index (χ0) is 18.4. The largest absolute Gasteiger partial charge is 0.427 e. The Labute approximate surface area is 148 Å². The molecule has 0 saturated heterocycles. The Morgan fingerprint density at radius 2 is 1.84 bits per heavy atom. The van der Waals surface area contributed by atoms with Crippen LogP contribution in [0.3, 0.4) is 0 Å². The van der Waals surface area contributed by atoms with Crippen LogP contribution in [0.1, 0.15) is 18.1 Å². The fourth-order valence-electron chi connectivity index (χ4n) is 2.15. The van der Waals surface area contributed by atoms with Gasteiger partial charge in [-0.05, 0) is 17.7 Å². The number of carbonyl (C=O) groups excluding carboxylic acids is 1. The number of carbonyl (C=O) groups is 1. The fourth-order valence-corrected chi connectivity index (χ4v) is 2.80. The topological polar surface area (TPSA) is 137 Å². The Hall–Kier alpha value is -3.54. The van der Waals surface area contributed by atoms with Gasteiger partial charge in [0, 0.05) is 12.5 Å². The van der Waals surface area contributed by atoms with Crippen molar-refractivity contribution in [1.29, 1.82) is 15.8 Å². The van der Waals surface area contributed by atoms with Crippen LogP contribution < -0.4 is 10.5 Å². The molecule has 0 saturated carbocycles. The van der Waals surface area contributed by atoms with Crippen molar-refractivity contribution in [3.63, 3.8) is 0 Å². The SMILES string of the molecule is CC(=O)Oc1ccc(-c2c(C#N)c(N)nc(SCC#N)c2C#N)cc1. The summed E-state index contributed by atoms with van der Waals surface area (Å²) in [7, 11) is 0. The molecule has 1 heterocycles. The fraction of sp³-hybridized carbons (Fsp3) is 0.118. The Morgan fingerprint density at radius 1 is 1.20 bits per heavy atom. The van der Waals surface area contributed by atoms with Crippen molar-refractivity contribution >= 4 is 23.5 Å². The summed E-state index contributed by atoms with van der Waals surface area (Å²) in [6.45, 7) is 1.29. The Kier molecular flexibility index (Phi) is 5.58. The van der Waals surface area contributed by atoms with Gasteiger partial charge in [0.15, 0.2) is 0 Å². The molecule has 0 amide bonds. The van der Waals surface area contributed by atoms with E-state index in [-0.39, 0.29) is 22.7 Å². The van der Waals surface area contributed by atoms with E-state index < -0.39 is 5.97 Å². The van der Waals surface area contributed by atoms with E-state index in [9.17, 15) is 15.3 Å². The van der Waals surface area contributed by atoms with E-state index in [0.29, 0.717) is 21.9 Å². The van der Waals surface area contributed by atoms with Gasteiger partial charge in [0.25, 0.3) is 0 Å². The van der Waals surface area contributed by atoms with Gasteiger partial charge in [-0.25, -0.2) is 4.98 Å². The Morgan fingerprint density at radius 3 is 2.36 bits per heavy atom. The molecule has 25 heavy (non-hydrogen) atoms. The number of nitrogens with two attached hydrogens (primary N) is 1. The molecule has 0 atom stereocenters. The minimum absolute atomic E-state index is 0.0130. The van der Waals surface area contributed by atoms with Crippen LogP contribution in [0.4, 0.5) is 5.82 Å². The molecule has 0 spiro atoms. The van der Waals surface area contributed by atoms with Crippen molar-refractivity contribution in [2.24, 2.45) is 0 Å². The van der Waals surface area contributed by atoms with Crippen LogP contribution in [0.15, 0.2) is 29.3 Å². The molecule has 8 heteroatoms. The average molecular weight is 349 g/mol. The molecule has 7 nitrogen and oxygen atoms in total. The molecule has 0 aliphatic heterocycles. The Balaban J connectivity index is 2.64. The van der Waals surface area contributed by atoms with Crippen LogP contribution in [0.2, 0.25) is 0 Å². The Bertz CT molecular complexity index is 949. The van der Waals surface area contributed by atoms with Crippen LogP contribution in [0.25, 0.3) is 11.1 Å². The van der Waals surface area contributed by atoms with Crippen molar-refractivity contribution in [1.82, 2.24) is 4.98 Å². The maximum atomic E-state index is 11.0. The number of hydrogen-bond donors (Lipinski definition) is 1. The summed E-state index contributed by atoms with van der Waals surface area (Å²) in [6, 6.07) is 12.3. The highest BCUT2D eigenvalue weighted by Crippen LogP contribution is 2.36. The maximum Gasteiger partial charge on any atom is 0.308 e. The lowest BCUT2D eigenvalue weighted by atomic mass is 9.97. The standard InChI is InChI=1S/C17H11N5O2S/c1-10(23)24-12-4-2-11(3-5-12)15-13(8-19)16(21)22-17(14(15)9-20)25-7-6-18/h2-5H,7H2,1H3,(H2,21,22). The highest BCUT2D eigenvalue weighted by Gasteiger charge is 2.20. The number of nitrogen functional groups attached to an aromatic ring is 1. The molecule has 0 aliphatic rings. The van der Waals surface area contributed by atoms with Gasteiger partial charge in [0.1, 0.15) is 34.3 Å². The lowest BCUT2D eigenvalue weighted by molar-refractivity contribution is -0.131. The number of rotatable bonds is 4. The molecule has 2 aromatic rings. The number of anilines is 1. The number of esters is 1. The smallest absolute Gasteiger partial charge is 0.308 e. The molecule has 0 bridgehead atoms. The second kappa shape index (κ2) is 7.83. The number of aromatic nitrogens is 1. The molecule has 1 aromatic carbocycles. The first-order chi connectivity index (χ1) is 12.0. The summed E-state index contributed by atoms with van der Waals surface area (Å²) >= 11 is 1.07. The predicted octanol–water partition coefficient (Wildman–Crippen LogP) is 2.62. The summed E-state index contributed by atoms with van der Waals surface area (Å²) in [5, 5.41) is 28.0. The lowest BCUT2D eigenvalue weighted by Crippen LogP contribution is -2.04. The van der Waals surface area contributed by atoms with Crippen LogP contribution in [-0.4, -0.2) is 16.7 Å². The third-order valence-electron chi connectivity index (χ3n) is 3.09. The number of pyridine rings is 1. The van der Waals surface area contributed by atoms with Gasteiger partial charge < -0.3 is 10.5 Å². The van der Waals surface area contributed by atoms with E-state index in [1.807, 2.05) is 18.2 Å². The monoisotopic (exact) mass is 349 g/mol. The van der Waals surface area contributed by atoms with E-state index in [4.69, 9.17) is 15.7 Å². The highest BCUT2D eigenvalue weighted by molar-refractivity contribution is 7.99. The molecule has 0 unspecified atom stereocenters. The first-order valence-corrected chi connectivity index (χ1v) is 7.92. The van der Waals surface area contributed by atoms with Crippen molar-refractivity contribution in [2.75, 3.05) is 11.5 Å². The van der Waals surface area contributed by atoms with E-state index in [1.54, 1.807) is 24.3 Å². The summed E-state index contributed by atoms with van der Waals surface area (Å²) in [6.07, 6.45) is 0. The minimum atomic E-state index is -0.452. The van der Waals surface area contributed by atoms with Gasteiger partial charge in [-0.1, -0.05) is 23.9 Å². The zero-order valence-corrected chi connectivity index (χ0v) is 13.9. The van der Waals surface area contributed by atoms with E-state index >= 15 is 0 Å². The van der Waals surface area contributed by atoms with Crippen LogP contribution in [-0.2, 0) is 4.79 Å². The number of nitriles is 3. The molecular weight excluding hydrogens is 338 g/mol. The van der Waals surface area contributed by atoms with E-state index in [0.717, 1.165) is 11.8 Å². The quantitative estimate of drug-likeness (QED) is 0.505. The first-order valence-electron chi connectivity index (χ1n) is 6.94. The van der Waals surface area contributed by atoms with Crippen molar-refractivity contribution < 1.29 is 9.53 Å². The van der Waals surface area contributed by atoms with Crippen LogP contribution in [0.5, 0.6) is 5.75 Å². The minimum Gasteiger partial charge on any atom is -0.427 e. The molecule has 1 aromatic heterocycles. The third-order valence-corrected chi connectivity index (χ3v) is 3.94. The van der Waals surface area contributed by atoms with Gasteiger partial charge in [-0.3, -0.25) is 4.79 Å². The third kappa shape index (κ3) is 3.87. The normalized spacial score (nSPS) is 9.52. The van der Waals surface area contributed by atoms with Gasteiger partial charge in [0.05, 0.1) is 17.4 Å². The number of benzene rings is 1. The number of hydrogen-bond acceptors (Lipinski definition) is 8. The van der Waals surface area contributed by atoms with Gasteiger partial charge in [-0.15, -0.1) is 0 Å². The lowest BCUT2D eigenvalue weighted by Gasteiger charge is -2.12. The van der Waals surface area contributed by atoms with E-state index in [2.05, 4.69) is 4.98 Å². The molecule has 0 radical (unpaired) electrons. The van der Waals surface area contributed by atoms with Crippen LogP contribution in [0, 0.1) is 34.0 Å². The number of nitrogens with zero attached hydrogens (tertiary/aromatic N) is 4. The number of ether oxygens (including phenoxy) is 1. The molecule has 2 rings (SSSR count). The van der Waals surface area contributed by atoms with Crippen molar-refractivity contribution in [3.05, 3.63) is 35.4 Å². The summed E-state index contributed by atoms with van der Waals surface area (Å²) in [4.78, 5) is 15.1. The van der Waals surface area contributed by atoms with E-state index in [1.165, 1.54) is 6.92 Å². The summed E-state index contributed by atoms with van der Waals surface area (Å²) in [5.74, 6) is -0.0282. The first kappa shape index (κ1) is 17.8. The zero-order valence-electron chi connectivity index (χ0n) is 13.1. The van der Waals surface area contributed by atoms with Gasteiger partial charge in [0.2, 0.25) is 0 Å². The van der Waals surface area contributed by atoms with Gasteiger partial charge >= 0.3 is 5.97 Å². The van der Waals surface area contributed by atoms with Gasteiger partial charge in [-0.2, -0.15) is 15.8 Å². The van der Waals surface area contributed by atoms with Crippen LogP contribution >= 0.6 is 11.8 Å². The van der Waals surface area contributed by atoms with Crippen molar-refractivity contribution in [3.8, 4) is 35.1 Å². The second-order valence-electron chi connectivity index (χ2n) is 4.72. The predicted molar refractivity (Wildman–Crippen MR) is 91.2 cm³/mol. The summed E-state index contributed by atoms with van der Waals surface area (Å²) < 4.78 is 4.97. The molecule has 122 valence electrons. The second-order valence-corrected chi connectivity index (χ2v) is 5.68. The summed E-state index contributed by atoms with van der Waals surface area (Å²) in [5.41, 5.74) is 7.00. The number of thioether (sulfide) groups is 1. The maximum absolute atomic E-state index is 11.0. The molecule has 0 fully saturated rings. The molecule has 0 aliphatic carbocycles. The molecule has 2 N–H and O–H groups in total.